The number of anilines is 2. The van der Waals surface area contributed by atoms with Crippen LogP contribution in [0.4, 0.5) is 15.8 Å². The van der Waals surface area contributed by atoms with Crippen molar-refractivity contribution in [1.82, 2.24) is 4.90 Å². The van der Waals surface area contributed by atoms with E-state index < -0.39 is 39.0 Å². The van der Waals surface area contributed by atoms with Crippen molar-refractivity contribution in [3.8, 4) is 0 Å². The molecule has 2 aliphatic rings. The molecule has 3 aromatic rings. The van der Waals surface area contributed by atoms with Gasteiger partial charge in [-0.05, 0) is 91.8 Å². The summed E-state index contributed by atoms with van der Waals surface area (Å²) in [5.41, 5.74) is 1.80. The molecular weight excluding hydrogens is 553 g/mol. The number of rotatable bonds is 11. The van der Waals surface area contributed by atoms with E-state index in [4.69, 9.17) is 0 Å². The molecule has 0 saturated carbocycles. The maximum Gasteiger partial charge on any atom is 0.265 e. The van der Waals surface area contributed by atoms with Crippen LogP contribution in [0.3, 0.4) is 0 Å². The molecule has 0 radical (unpaired) electrons. The molecule has 0 aliphatic carbocycles. The van der Waals surface area contributed by atoms with Crippen molar-refractivity contribution in [2.24, 2.45) is 0 Å². The second-order valence-corrected chi connectivity index (χ2v) is 13.3. The Morgan fingerprint density at radius 3 is 2.58 bits per heavy atom. The molecule has 8 nitrogen and oxygen atoms in total. The Morgan fingerprint density at radius 2 is 1.85 bits per heavy atom. The lowest BCUT2D eigenvalue weighted by Crippen LogP contribution is -2.43. The number of hydrogen-bond donors (Lipinski definition) is 1. The van der Waals surface area contributed by atoms with Gasteiger partial charge < -0.3 is 10.2 Å². The van der Waals surface area contributed by atoms with Crippen LogP contribution in [0.2, 0.25) is 0 Å². The molecule has 2 aromatic carbocycles. The molecule has 210 valence electrons. The van der Waals surface area contributed by atoms with E-state index in [2.05, 4.69) is 10.2 Å². The Hall–Kier alpha value is -3.41. The average molecular weight is 584 g/mol. The van der Waals surface area contributed by atoms with Crippen LogP contribution in [-0.2, 0) is 32.3 Å². The molecule has 2 aliphatic heterocycles. The lowest BCUT2D eigenvalue weighted by molar-refractivity contribution is -0.118. The van der Waals surface area contributed by atoms with Crippen molar-refractivity contribution < 1.29 is 27.2 Å². The minimum atomic E-state index is -3.76. The van der Waals surface area contributed by atoms with Crippen molar-refractivity contribution in [1.29, 1.82) is 0 Å². The highest BCUT2D eigenvalue weighted by atomic mass is 32.2. The Labute approximate surface area is 236 Å². The molecule has 2 amide bonds. The maximum atomic E-state index is 15.1. The van der Waals surface area contributed by atoms with Crippen molar-refractivity contribution in [2.45, 2.75) is 36.3 Å². The van der Waals surface area contributed by atoms with Gasteiger partial charge in [0.15, 0.2) is 15.6 Å². The highest BCUT2D eigenvalue weighted by Crippen LogP contribution is 2.30. The van der Waals surface area contributed by atoms with Crippen LogP contribution in [-0.4, -0.2) is 62.8 Å². The molecule has 0 spiro atoms. The highest BCUT2D eigenvalue weighted by molar-refractivity contribution is 7.94. The van der Waals surface area contributed by atoms with E-state index in [-0.39, 0.29) is 28.3 Å². The summed E-state index contributed by atoms with van der Waals surface area (Å²) in [6, 6.07) is 12.0. The normalized spacial score (nSPS) is 15.9. The molecule has 1 N–H and O–H groups in total. The van der Waals surface area contributed by atoms with E-state index in [1.807, 2.05) is 0 Å². The third-order valence-corrected chi connectivity index (χ3v) is 10.3. The second kappa shape index (κ2) is 12.0. The highest BCUT2D eigenvalue weighted by Gasteiger charge is 2.34. The summed E-state index contributed by atoms with van der Waals surface area (Å²) in [4.78, 5) is 41.9. The van der Waals surface area contributed by atoms with E-state index >= 15 is 4.39 Å². The van der Waals surface area contributed by atoms with Gasteiger partial charge in [-0.25, -0.2) is 17.7 Å². The Morgan fingerprint density at radius 1 is 1.05 bits per heavy atom. The third-order valence-electron chi connectivity index (χ3n) is 7.12. The van der Waals surface area contributed by atoms with Gasteiger partial charge in [0.05, 0.1) is 12.1 Å². The summed E-state index contributed by atoms with van der Waals surface area (Å²) < 4.78 is 39.9. The number of nitrogens with zero attached hydrogens (tertiary/aromatic N) is 2. The summed E-state index contributed by atoms with van der Waals surface area (Å²) in [7, 11) is -3.76. The lowest BCUT2D eigenvalue weighted by atomic mass is 9.96. The topological polar surface area (TPSA) is 104 Å². The Balaban J connectivity index is 1.23. The molecule has 11 heteroatoms. The number of carbonyl (C=O) groups is 3. The van der Waals surface area contributed by atoms with Crippen molar-refractivity contribution in [3.63, 3.8) is 0 Å². The predicted octanol–water partition coefficient (Wildman–Crippen LogP) is 4.10. The average Bonchev–Trinajstić information content (AvgIpc) is 3.62. The predicted molar refractivity (Wildman–Crippen MR) is 152 cm³/mol. The standard InChI is InChI=1S/C29H30FN3O5S2/c30-25-16-20(15-23(34)19-40(37,38)28-5-3-14-39-28)6-9-26(25)33-27(35)18-21-17-22(7-8-24(21)29(33)36)31-10-4-13-32-11-1-2-12-32/h3,5-9,14,16-17,31H,1-2,4,10-13,15,18-19H2. The summed E-state index contributed by atoms with van der Waals surface area (Å²) in [6.07, 6.45) is 3.17. The van der Waals surface area contributed by atoms with Gasteiger partial charge in [-0.2, -0.15) is 0 Å². The molecule has 0 unspecified atom stereocenters. The molecular formula is C29H30FN3O5S2. The van der Waals surface area contributed by atoms with Gasteiger partial charge >= 0.3 is 0 Å². The van der Waals surface area contributed by atoms with E-state index in [0.29, 0.717) is 11.1 Å². The zero-order chi connectivity index (χ0) is 28.3. The summed E-state index contributed by atoms with van der Waals surface area (Å²) >= 11 is 1.03. The largest absolute Gasteiger partial charge is 0.385 e. The van der Waals surface area contributed by atoms with Gasteiger partial charge in [0.2, 0.25) is 5.91 Å². The van der Waals surface area contributed by atoms with Gasteiger partial charge in [0.1, 0.15) is 15.8 Å². The molecule has 1 saturated heterocycles. The molecule has 40 heavy (non-hydrogen) atoms. The number of likely N-dealkylation sites (tertiary alicyclic amines) is 1. The number of amides is 2. The molecule has 1 fully saturated rings. The summed E-state index contributed by atoms with van der Waals surface area (Å²) in [5.74, 6) is -3.27. The molecule has 1 aromatic heterocycles. The maximum absolute atomic E-state index is 15.1. The van der Waals surface area contributed by atoms with Crippen LogP contribution in [0.15, 0.2) is 58.1 Å². The number of nitrogens with one attached hydrogen (secondary N) is 1. The first-order chi connectivity index (χ1) is 19.2. The number of fused-ring (bicyclic) bond motifs is 1. The second-order valence-electron chi connectivity index (χ2n) is 10.1. The number of imide groups is 1. The number of carbonyl (C=O) groups excluding carboxylic acids is 3. The number of thiophene rings is 1. The quantitative estimate of drug-likeness (QED) is 0.268. The zero-order valence-electron chi connectivity index (χ0n) is 21.9. The van der Waals surface area contributed by atoms with Gasteiger partial charge in [-0.3, -0.25) is 14.4 Å². The van der Waals surface area contributed by atoms with Crippen molar-refractivity contribution >= 4 is 50.1 Å². The number of hydrogen-bond acceptors (Lipinski definition) is 8. The van der Waals surface area contributed by atoms with Crippen LogP contribution in [0.5, 0.6) is 0 Å². The van der Waals surface area contributed by atoms with Gasteiger partial charge in [-0.15, -0.1) is 11.3 Å². The van der Waals surface area contributed by atoms with Crippen LogP contribution >= 0.6 is 11.3 Å². The Kier molecular flexibility index (Phi) is 8.43. The number of Topliss-reactive ketones (excluding diaryl/α,β-unsaturated/α-hetero) is 1. The Bertz CT molecular complexity index is 1530. The van der Waals surface area contributed by atoms with Crippen LogP contribution in [0.25, 0.3) is 0 Å². The fourth-order valence-electron chi connectivity index (χ4n) is 5.16. The summed E-state index contributed by atoms with van der Waals surface area (Å²) in [6.45, 7) is 4.13. The van der Waals surface area contributed by atoms with Crippen molar-refractivity contribution in [3.05, 3.63) is 76.4 Å². The minimum Gasteiger partial charge on any atom is -0.385 e. The number of sulfone groups is 1. The first-order valence-corrected chi connectivity index (χ1v) is 15.8. The molecule has 5 rings (SSSR count). The first-order valence-electron chi connectivity index (χ1n) is 13.2. The zero-order valence-corrected chi connectivity index (χ0v) is 23.5. The van der Waals surface area contributed by atoms with Crippen molar-refractivity contribution in [2.75, 3.05) is 42.1 Å². The smallest absolute Gasteiger partial charge is 0.265 e. The van der Waals surface area contributed by atoms with Crippen LogP contribution < -0.4 is 10.2 Å². The van der Waals surface area contributed by atoms with Crippen LogP contribution in [0, 0.1) is 5.82 Å². The fourth-order valence-corrected chi connectivity index (χ4v) is 7.50. The van der Waals surface area contributed by atoms with Gasteiger partial charge in [-0.1, -0.05) is 12.1 Å². The SMILES string of the molecule is O=C(Cc1ccc(N2C(=O)Cc3cc(NCCCN4CCCC4)ccc3C2=O)c(F)c1)CS(=O)(=O)c1cccs1. The molecule has 3 heterocycles. The number of benzene rings is 2. The first kappa shape index (κ1) is 28.1. The number of halogens is 1. The molecule has 0 bridgehead atoms. The minimum absolute atomic E-state index is 0.0510. The third kappa shape index (κ3) is 6.32. The fraction of sp³-hybridized carbons (Fsp3) is 0.345. The van der Waals surface area contributed by atoms with E-state index in [1.165, 1.54) is 31.0 Å². The van der Waals surface area contributed by atoms with Gasteiger partial charge in [0, 0.05) is 24.2 Å². The van der Waals surface area contributed by atoms with Gasteiger partial charge in [0.25, 0.3) is 5.91 Å². The van der Waals surface area contributed by atoms with E-state index in [9.17, 15) is 22.8 Å². The van der Waals surface area contributed by atoms with E-state index in [0.717, 1.165) is 60.6 Å². The monoisotopic (exact) mass is 583 g/mol. The summed E-state index contributed by atoms with van der Waals surface area (Å²) in [5, 5.41) is 4.97. The number of ketones is 1. The molecule has 0 atom stereocenters. The lowest BCUT2D eigenvalue weighted by Gasteiger charge is -2.27. The van der Waals surface area contributed by atoms with E-state index in [1.54, 1.807) is 29.6 Å². The van der Waals surface area contributed by atoms with Crippen LogP contribution in [0.1, 0.15) is 40.7 Å².